The Morgan fingerprint density at radius 3 is 2.73 bits per heavy atom. The molecule has 0 aromatic heterocycles. The SMILES string of the molecule is CCCCN1C(=O)SC(=Cc2ccc(OCC(=O)OCC)c(Cl)c2)C1=O. The highest BCUT2D eigenvalue weighted by Crippen LogP contribution is 2.33. The van der Waals surface area contributed by atoms with Crippen LogP contribution < -0.4 is 4.74 Å². The molecular formula is C18H20ClNO5S. The van der Waals surface area contributed by atoms with E-state index < -0.39 is 5.97 Å². The Morgan fingerprint density at radius 2 is 2.08 bits per heavy atom. The highest BCUT2D eigenvalue weighted by atomic mass is 35.5. The number of benzene rings is 1. The number of thioether (sulfide) groups is 1. The van der Waals surface area contributed by atoms with E-state index in [1.165, 1.54) is 4.90 Å². The van der Waals surface area contributed by atoms with Gasteiger partial charge >= 0.3 is 5.97 Å². The van der Waals surface area contributed by atoms with Crippen LogP contribution >= 0.6 is 23.4 Å². The molecule has 1 aromatic carbocycles. The summed E-state index contributed by atoms with van der Waals surface area (Å²) in [5.74, 6) is -0.423. The molecule has 26 heavy (non-hydrogen) atoms. The predicted octanol–water partition coefficient (Wildman–Crippen LogP) is 4.12. The summed E-state index contributed by atoms with van der Waals surface area (Å²) < 4.78 is 10.1. The van der Waals surface area contributed by atoms with Crippen molar-refractivity contribution in [2.75, 3.05) is 19.8 Å². The summed E-state index contributed by atoms with van der Waals surface area (Å²) in [5, 5.41) is 0.0449. The van der Waals surface area contributed by atoms with Crippen molar-refractivity contribution in [1.29, 1.82) is 0 Å². The van der Waals surface area contributed by atoms with Gasteiger partial charge in [0, 0.05) is 6.54 Å². The van der Waals surface area contributed by atoms with Gasteiger partial charge in [0.25, 0.3) is 11.1 Å². The molecule has 140 valence electrons. The van der Waals surface area contributed by atoms with E-state index in [9.17, 15) is 14.4 Å². The van der Waals surface area contributed by atoms with Crippen LogP contribution in [-0.2, 0) is 14.3 Å². The second-order valence-electron chi connectivity index (χ2n) is 5.47. The van der Waals surface area contributed by atoms with Crippen molar-refractivity contribution in [2.24, 2.45) is 0 Å². The number of esters is 1. The standard InChI is InChI=1S/C18H20ClNO5S/c1-3-5-8-20-17(22)15(26-18(20)23)10-12-6-7-14(13(19)9-12)25-11-16(21)24-4-2/h6-7,9-10H,3-5,8,11H2,1-2H3. The molecule has 1 fully saturated rings. The number of hydrogen-bond acceptors (Lipinski definition) is 6. The normalized spacial score (nSPS) is 15.7. The molecule has 8 heteroatoms. The van der Waals surface area contributed by atoms with E-state index in [0.29, 0.717) is 27.8 Å². The van der Waals surface area contributed by atoms with Crippen LogP contribution in [0.15, 0.2) is 23.1 Å². The number of hydrogen-bond donors (Lipinski definition) is 0. The Bertz CT molecular complexity index is 734. The molecule has 2 rings (SSSR count). The van der Waals surface area contributed by atoms with Crippen LogP contribution in [0.3, 0.4) is 0 Å². The van der Waals surface area contributed by atoms with Gasteiger partial charge in [0.05, 0.1) is 16.5 Å². The summed E-state index contributed by atoms with van der Waals surface area (Å²) in [6, 6.07) is 4.92. The van der Waals surface area contributed by atoms with E-state index in [2.05, 4.69) is 0 Å². The van der Waals surface area contributed by atoms with Crippen molar-refractivity contribution < 1.29 is 23.9 Å². The predicted molar refractivity (Wildman–Crippen MR) is 101 cm³/mol. The lowest BCUT2D eigenvalue weighted by Gasteiger charge is -2.10. The van der Waals surface area contributed by atoms with Gasteiger partial charge < -0.3 is 9.47 Å². The van der Waals surface area contributed by atoms with Gasteiger partial charge in [-0.1, -0.05) is 31.0 Å². The third kappa shape index (κ3) is 5.25. The van der Waals surface area contributed by atoms with Crippen molar-refractivity contribution in [3.63, 3.8) is 0 Å². The first-order chi connectivity index (χ1) is 12.5. The van der Waals surface area contributed by atoms with Crippen molar-refractivity contribution in [3.8, 4) is 5.75 Å². The van der Waals surface area contributed by atoms with E-state index in [4.69, 9.17) is 21.1 Å². The number of amides is 2. The van der Waals surface area contributed by atoms with Gasteiger partial charge in [-0.25, -0.2) is 4.79 Å². The molecule has 1 saturated heterocycles. The lowest BCUT2D eigenvalue weighted by atomic mass is 10.2. The van der Waals surface area contributed by atoms with Gasteiger partial charge in [-0.05, 0) is 48.9 Å². The summed E-state index contributed by atoms with van der Waals surface area (Å²) >= 11 is 7.08. The fraction of sp³-hybridized carbons (Fsp3) is 0.389. The van der Waals surface area contributed by atoms with Crippen LogP contribution in [0.4, 0.5) is 4.79 Å². The van der Waals surface area contributed by atoms with Crippen LogP contribution in [0.1, 0.15) is 32.3 Å². The Balaban J connectivity index is 2.07. The number of halogens is 1. The molecular weight excluding hydrogens is 378 g/mol. The minimum absolute atomic E-state index is 0.233. The third-order valence-electron chi connectivity index (χ3n) is 3.51. The highest BCUT2D eigenvalue weighted by Gasteiger charge is 2.34. The first-order valence-electron chi connectivity index (χ1n) is 8.29. The van der Waals surface area contributed by atoms with Crippen LogP contribution in [-0.4, -0.2) is 41.8 Å². The van der Waals surface area contributed by atoms with E-state index in [1.807, 2.05) is 6.92 Å². The van der Waals surface area contributed by atoms with Crippen LogP contribution in [0, 0.1) is 0 Å². The summed E-state index contributed by atoms with van der Waals surface area (Å²) in [6.45, 7) is 4.19. The molecule has 1 aliphatic heterocycles. The topological polar surface area (TPSA) is 72.9 Å². The summed E-state index contributed by atoms with van der Waals surface area (Å²) in [4.78, 5) is 37.2. The Morgan fingerprint density at radius 1 is 1.31 bits per heavy atom. The Labute approximate surface area is 161 Å². The first-order valence-corrected chi connectivity index (χ1v) is 9.49. The third-order valence-corrected chi connectivity index (χ3v) is 4.72. The number of carbonyl (C=O) groups excluding carboxylic acids is 3. The van der Waals surface area contributed by atoms with Crippen molar-refractivity contribution in [1.82, 2.24) is 4.90 Å². The van der Waals surface area contributed by atoms with Crippen LogP contribution in [0.25, 0.3) is 6.08 Å². The molecule has 0 bridgehead atoms. The maximum absolute atomic E-state index is 12.3. The number of unbranched alkanes of at least 4 members (excludes halogenated alkanes) is 1. The van der Waals surface area contributed by atoms with Gasteiger partial charge in [-0.3, -0.25) is 14.5 Å². The second-order valence-corrected chi connectivity index (χ2v) is 6.87. The molecule has 1 aliphatic rings. The maximum Gasteiger partial charge on any atom is 0.344 e. The van der Waals surface area contributed by atoms with E-state index in [-0.39, 0.29) is 24.4 Å². The monoisotopic (exact) mass is 397 g/mol. The average Bonchev–Trinajstić information content (AvgIpc) is 2.86. The zero-order chi connectivity index (χ0) is 19.1. The first kappa shape index (κ1) is 20.3. The number of nitrogens with zero attached hydrogens (tertiary/aromatic N) is 1. The highest BCUT2D eigenvalue weighted by molar-refractivity contribution is 8.18. The number of ether oxygens (including phenoxy) is 2. The zero-order valence-electron chi connectivity index (χ0n) is 14.6. The van der Waals surface area contributed by atoms with Gasteiger partial charge in [-0.15, -0.1) is 0 Å². The molecule has 0 radical (unpaired) electrons. The van der Waals surface area contributed by atoms with Crippen LogP contribution in [0.2, 0.25) is 5.02 Å². The van der Waals surface area contributed by atoms with E-state index >= 15 is 0 Å². The average molecular weight is 398 g/mol. The molecule has 0 saturated carbocycles. The smallest absolute Gasteiger partial charge is 0.344 e. The molecule has 0 spiro atoms. The molecule has 6 nitrogen and oxygen atoms in total. The second kappa shape index (κ2) is 9.64. The summed E-state index contributed by atoms with van der Waals surface area (Å²) in [5.41, 5.74) is 0.666. The molecule has 2 amide bonds. The fourth-order valence-corrected chi connectivity index (χ4v) is 3.33. The van der Waals surface area contributed by atoms with Gasteiger partial charge in [-0.2, -0.15) is 0 Å². The van der Waals surface area contributed by atoms with Crippen molar-refractivity contribution in [2.45, 2.75) is 26.7 Å². The van der Waals surface area contributed by atoms with Crippen molar-refractivity contribution in [3.05, 3.63) is 33.7 Å². The minimum atomic E-state index is -0.478. The number of imide groups is 1. The molecule has 0 N–H and O–H groups in total. The zero-order valence-corrected chi connectivity index (χ0v) is 16.2. The molecule has 0 atom stereocenters. The van der Waals surface area contributed by atoms with Gasteiger partial charge in [0.2, 0.25) is 0 Å². The van der Waals surface area contributed by atoms with Gasteiger partial charge in [0.1, 0.15) is 5.75 Å². The number of carbonyl (C=O) groups is 3. The molecule has 0 aliphatic carbocycles. The van der Waals surface area contributed by atoms with Gasteiger partial charge in [0.15, 0.2) is 6.61 Å². The largest absolute Gasteiger partial charge is 0.480 e. The quantitative estimate of drug-likeness (QED) is 0.485. The minimum Gasteiger partial charge on any atom is -0.480 e. The van der Waals surface area contributed by atoms with Crippen molar-refractivity contribution >= 4 is 46.6 Å². The van der Waals surface area contributed by atoms with E-state index in [1.54, 1.807) is 31.2 Å². The van der Waals surface area contributed by atoms with Crippen LogP contribution in [0.5, 0.6) is 5.75 Å². The van der Waals surface area contributed by atoms with E-state index in [0.717, 1.165) is 24.6 Å². The Hall–Kier alpha value is -1.99. The summed E-state index contributed by atoms with van der Waals surface area (Å²) in [6.07, 6.45) is 3.31. The molecule has 0 unspecified atom stereocenters. The lowest BCUT2D eigenvalue weighted by Crippen LogP contribution is -2.29. The maximum atomic E-state index is 12.3. The fourth-order valence-electron chi connectivity index (χ4n) is 2.22. The number of rotatable bonds is 8. The Kier molecular flexibility index (Phi) is 7.53. The molecule has 1 aromatic rings. The molecule has 1 heterocycles. The lowest BCUT2D eigenvalue weighted by molar-refractivity contribution is -0.145. The summed E-state index contributed by atoms with van der Waals surface area (Å²) in [7, 11) is 0.